The van der Waals surface area contributed by atoms with Crippen molar-refractivity contribution in [3.63, 3.8) is 0 Å². The van der Waals surface area contributed by atoms with Gasteiger partial charge in [-0.15, -0.1) is 0 Å². The quantitative estimate of drug-likeness (QED) is 0.657. The van der Waals surface area contributed by atoms with Crippen LogP contribution in [0.2, 0.25) is 0 Å². The van der Waals surface area contributed by atoms with Gasteiger partial charge in [0.15, 0.2) is 0 Å². The Balaban J connectivity index is 0.000000208. The molecule has 0 N–H and O–H groups in total. The number of hydrogen-bond donors (Lipinski definition) is 0. The summed E-state index contributed by atoms with van der Waals surface area (Å²) >= 11 is 0. The van der Waals surface area contributed by atoms with Gasteiger partial charge in [-0.05, 0) is 54.4 Å². The summed E-state index contributed by atoms with van der Waals surface area (Å²) in [5, 5.41) is 0. The molecule has 166 valence electrons. The van der Waals surface area contributed by atoms with Crippen molar-refractivity contribution in [1.82, 2.24) is 9.80 Å². The highest BCUT2D eigenvalue weighted by atomic mass is 16.6. The molecule has 29 heavy (non-hydrogen) atoms. The molecule has 8 nitrogen and oxygen atoms in total. The molecule has 8 heteroatoms. The smallest absolute Gasteiger partial charge is 0.410 e. The predicted molar refractivity (Wildman–Crippen MR) is 109 cm³/mol. The zero-order chi connectivity index (χ0) is 21.8. The second kappa shape index (κ2) is 9.24. The van der Waals surface area contributed by atoms with E-state index in [1.54, 1.807) is 9.80 Å². The van der Waals surface area contributed by atoms with Crippen molar-refractivity contribution >= 4 is 12.2 Å². The van der Waals surface area contributed by atoms with Crippen molar-refractivity contribution in [1.29, 1.82) is 0 Å². The first-order valence-electron chi connectivity index (χ1n) is 10.2. The van der Waals surface area contributed by atoms with Gasteiger partial charge in [-0.2, -0.15) is 0 Å². The summed E-state index contributed by atoms with van der Waals surface area (Å²) in [7, 11) is 0. The second-order valence-corrected chi connectivity index (χ2v) is 9.65. The third-order valence-corrected chi connectivity index (χ3v) is 4.20. The van der Waals surface area contributed by atoms with Crippen molar-refractivity contribution < 1.29 is 28.5 Å². The molecule has 0 aromatic rings. The van der Waals surface area contributed by atoms with Crippen LogP contribution in [-0.4, -0.2) is 77.7 Å². The van der Waals surface area contributed by atoms with Crippen LogP contribution in [0.15, 0.2) is 12.8 Å². The molecule has 0 aromatic heterocycles. The van der Waals surface area contributed by atoms with Gasteiger partial charge >= 0.3 is 12.2 Å². The summed E-state index contributed by atoms with van der Waals surface area (Å²) < 4.78 is 21.2. The standard InChI is InChI=1S/C11H19NO3.C10H17NO3/c1-11(2,3)15-10(13)12-6-9(7-12)14-8-4-5-8;1-5-13-8-6-11(7-8)9(12)14-10(2,3)4/h8-9H,4-7H2,1-3H3;5,8H,1,6-7H2,2-4H3. The summed E-state index contributed by atoms with van der Waals surface area (Å²) in [6.07, 6.45) is 4.06. The Labute approximate surface area is 174 Å². The third-order valence-electron chi connectivity index (χ3n) is 4.20. The van der Waals surface area contributed by atoms with E-state index in [4.69, 9.17) is 18.9 Å². The van der Waals surface area contributed by atoms with Gasteiger partial charge in [0.05, 0.1) is 44.6 Å². The molecule has 0 radical (unpaired) electrons. The Bertz CT molecular complexity index is 579. The lowest BCUT2D eigenvalue weighted by molar-refractivity contribution is -0.0691. The monoisotopic (exact) mass is 412 g/mol. The fourth-order valence-corrected chi connectivity index (χ4v) is 2.61. The van der Waals surface area contributed by atoms with E-state index in [-0.39, 0.29) is 24.4 Å². The number of nitrogens with zero attached hydrogens (tertiary/aromatic N) is 2. The van der Waals surface area contributed by atoms with Crippen LogP contribution in [0.5, 0.6) is 0 Å². The molecule has 3 fully saturated rings. The van der Waals surface area contributed by atoms with Gasteiger partial charge in [0.1, 0.15) is 17.3 Å². The number of rotatable bonds is 4. The Morgan fingerprint density at radius 1 is 0.793 bits per heavy atom. The van der Waals surface area contributed by atoms with Gasteiger partial charge in [-0.1, -0.05) is 6.58 Å². The van der Waals surface area contributed by atoms with Crippen molar-refractivity contribution in [3.05, 3.63) is 12.8 Å². The summed E-state index contributed by atoms with van der Waals surface area (Å²) in [5.74, 6) is 0. The average Bonchev–Trinajstić information content (AvgIpc) is 3.26. The van der Waals surface area contributed by atoms with Gasteiger partial charge < -0.3 is 28.7 Å². The van der Waals surface area contributed by atoms with Crippen LogP contribution >= 0.6 is 0 Å². The molecule has 2 amide bonds. The van der Waals surface area contributed by atoms with E-state index < -0.39 is 11.2 Å². The maximum atomic E-state index is 11.5. The van der Waals surface area contributed by atoms with E-state index in [2.05, 4.69) is 6.58 Å². The molecule has 0 bridgehead atoms. The van der Waals surface area contributed by atoms with Crippen LogP contribution < -0.4 is 0 Å². The number of carbonyl (C=O) groups excluding carboxylic acids is 2. The maximum absolute atomic E-state index is 11.5. The van der Waals surface area contributed by atoms with Gasteiger partial charge in [0.2, 0.25) is 0 Å². The topological polar surface area (TPSA) is 77.5 Å². The summed E-state index contributed by atoms with van der Waals surface area (Å²) in [6.45, 7) is 17.2. The molecule has 2 aliphatic heterocycles. The normalized spacial score (nSPS) is 19.9. The SMILES string of the molecule is C=COC1CN(C(=O)OC(C)(C)C)C1.CC(C)(C)OC(=O)N1CC(OC2CC2)C1. The molecule has 0 spiro atoms. The number of ether oxygens (including phenoxy) is 4. The van der Waals surface area contributed by atoms with Crippen LogP contribution in [0.3, 0.4) is 0 Å². The minimum atomic E-state index is -0.429. The van der Waals surface area contributed by atoms with E-state index in [9.17, 15) is 9.59 Å². The highest BCUT2D eigenvalue weighted by Crippen LogP contribution is 2.28. The molecular weight excluding hydrogens is 376 g/mol. The van der Waals surface area contributed by atoms with Gasteiger partial charge in [0.25, 0.3) is 0 Å². The van der Waals surface area contributed by atoms with E-state index >= 15 is 0 Å². The first kappa shape index (κ1) is 23.3. The van der Waals surface area contributed by atoms with E-state index in [1.165, 1.54) is 19.1 Å². The molecule has 1 saturated carbocycles. The van der Waals surface area contributed by atoms with Crippen LogP contribution in [-0.2, 0) is 18.9 Å². The number of hydrogen-bond acceptors (Lipinski definition) is 6. The summed E-state index contributed by atoms with van der Waals surface area (Å²) in [6, 6.07) is 0. The summed E-state index contributed by atoms with van der Waals surface area (Å²) in [4.78, 5) is 26.3. The lowest BCUT2D eigenvalue weighted by Gasteiger charge is -2.39. The maximum Gasteiger partial charge on any atom is 0.410 e. The first-order valence-corrected chi connectivity index (χ1v) is 10.2. The molecule has 0 unspecified atom stereocenters. The first-order chi connectivity index (χ1) is 13.4. The highest BCUT2D eigenvalue weighted by Gasteiger charge is 2.38. The van der Waals surface area contributed by atoms with Crippen molar-refractivity contribution in [3.8, 4) is 0 Å². The van der Waals surface area contributed by atoms with E-state index in [1.807, 2.05) is 41.5 Å². The zero-order valence-corrected chi connectivity index (χ0v) is 18.6. The second-order valence-electron chi connectivity index (χ2n) is 9.65. The molecule has 3 rings (SSSR count). The third kappa shape index (κ3) is 8.51. The molecule has 0 aromatic carbocycles. The van der Waals surface area contributed by atoms with Gasteiger partial charge in [-0.3, -0.25) is 0 Å². The molecule has 2 heterocycles. The van der Waals surface area contributed by atoms with Gasteiger partial charge in [-0.25, -0.2) is 9.59 Å². The fourth-order valence-electron chi connectivity index (χ4n) is 2.61. The van der Waals surface area contributed by atoms with Crippen molar-refractivity contribution in [2.45, 2.75) is 83.9 Å². The molecular formula is C21H36N2O6. The largest absolute Gasteiger partial charge is 0.495 e. The molecule has 1 aliphatic carbocycles. The number of carbonyl (C=O) groups is 2. The Morgan fingerprint density at radius 3 is 1.55 bits per heavy atom. The molecule has 0 atom stereocenters. The van der Waals surface area contributed by atoms with Crippen LogP contribution in [0.25, 0.3) is 0 Å². The van der Waals surface area contributed by atoms with Crippen molar-refractivity contribution in [2.75, 3.05) is 26.2 Å². The minimum absolute atomic E-state index is 0.0834. The Hall–Kier alpha value is -1.96. The summed E-state index contributed by atoms with van der Waals surface area (Å²) in [5.41, 5.74) is -0.832. The molecule has 3 aliphatic rings. The number of likely N-dealkylation sites (tertiary alicyclic amines) is 2. The number of amides is 2. The van der Waals surface area contributed by atoms with Crippen molar-refractivity contribution in [2.24, 2.45) is 0 Å². The van der Waals surface area contributed by atoms with Gasteiger partial charge in [0, 0.05) is 0 Å². The van der Waals surface area contributed by atoms with Crippen LogP contribution in [0.1, 0.15) is 54.4 Å². The Kier molecular flexibility index (Phi) is 7.43. The van der Waals surface area contributed by atoms with Crippen LogP contribution in [0.4, 0.5) is 9.59 Å². The average molecular weight is 413 g/mol. The predicted octanol–water partition coefficient (Wildman–Crippen LogP) is 3.55. The lowest BCUT2D eigenvalue weighted by Crippen LogP contribution is -2.56. The lowest BCUT2D eigenvalue weighted by atomic mass is 10.2. The minimum Gasteiger partial charge on any atom is -0.495 e. The zero-order valence-electron chi connectivity index (χ0n) is 18.6. The van der Waals surface area contributed by atoms with E-state index in [0.717, 1.165) is 0 Å². The van der Waals surface area contributed by atoms with E-state index in [0.29, 0.717) is 32.3 Å². The van der Waals surface area contributed by atoms with Crippen LogP contribution in [0, 0.1) is 0 Å². The fraction of sp³-hybridized carbons (Fsp3) is 0.810. The Morgan fingerprint density at radius 2 is 1.21 bits per heavy atom. The molecule has 2 saturated heterocycles. The highest BCUT2D eigenvalue weighted by molar-refractivity contribution is 5.69.